The highest BCUT2D eigenvalue weighted by Gasteiger charge is 2.27. The Balaban J connectivity index is 4.53. The molecule has 0 radical (unpaired) electrons. The molecule has 0 fully saturated rings. The molecule has 0 saturated carbocycles. The van der Waals surface area contributed by atoms with Crippen LogP contribution in [0.25, 0.3) is 0 Å². The Bertz CT molecular complexity index is 376. The van der Waals surface area contributed by atoms with Crippen molar-refractivity contribution in [2.75, 3.05) is 6.54 Å². The smallest absolute Gasteiger partial charge is 0.234 e. The number of hydrogen-bond donors (Lipinski definition) is 2. The molecule has 1 amide bonds. The maximum Gasteiger partial charge on any atom is 0.234 e. The molecular formula is C15H28N2O3. The first-order valence-electron chi connectivity index (χ1n) is 6.91. The molecule has 0 rings (SSSR count). The summed E-state index contributed by atoms with van der Waals surface area (Å²) in [5, 5.41) is 5.66. The predicted molar refractivity (Wildman–Crippen MR) is 79.4 cm³/mol. The normalized spacial score (nSPS) is 13.8. The van der Waals surface area contributed by atoms with Crippen molar-refractivity contribution in [1.29, 1.82) is 0 Å². The molecule has 5 heteroatoms. The molecule has 1 unspecified atom stereocenters. The van der Waals surface area contributed by atoms with E-state index >= 15 is 0 Å². The summed E-state index contributed by atoms with van der Waals surface area (Å²) in [7, 11) is 0. The molecule has 0 bridgehead atoms. The van der Waals surface area contributed by atoms with E-state index in [1.165, 1.54) is 6.92 Å². The van der Waals surface area contributed by atoms with Gasteiger partial charge in [-0.2, -0.15) is 0 Å². The van der Waals surface area contributed by atoms with E-state index in [1.54, 1.807) is 20.8 Å². The average Bonchev–Trinajstić information content (AvgIpc) is 2.22. The van der Waals surface area contributed by atoms with Gasteiger partial charge in [0.2, 0.25) is 5.91 Å². The topological polar surface area (TPSA) is 75.3 Å². The number of carbonyl (C=O) groups is 3. The molecule has 0 aromatic carbocycles. The van der Waals surface area contributed by atoms with Crippen LogP contribution in [0.3, 0.4) is 0 Å². The summed E-state index contributed by atoms with van der Waals surface area (Å²) < 4.78 is 0. The third-order valence-electron chi connectivity index (χ3n) is 2.83. The molecule has 0 aromatic heterocycles. The van der Waals surface area contributed by atoms with Gasteiger partial charge in [0.15, 0.2) is 5.78 Å². The molecule has 2 N–H and O–H groups in total. The number of hydrogen-bond acceptors (Lipinski definition) is 4. The Hall–Kier alpha value is -1.23. The molecule has 5 nitrogen and oxygen atoms in total. The van der Waals surface area contributed by atoms with Crippen molar-refractivity contribution >= 4 is 17.5 Å². The minimum absolute atomic E-state index is 0.0400. The lowest BCUT2D eigenvalue weighted by Crippen LogP contribution is -2.48. The van der Waals surface area contributed by atoms with Crippen molar-refractivity contribution in [2.24, 2.45) is 5.41 Å². The number of Topliss-reactive ketones (excluding diaryl/α,β-unsaturated/α-hetero) is 2. The maximum atomic E-state index is 12.0. The van der Waals surface area contributed by atoms with Crippen LogP contribution in [-0.4, -0.2) is 35.6 Å². The fourth-order valence-corrected chi connectivity index (χ4v) is 1.38. The lowest BCUT2D eigenvalue weighted by molar-refractivity contribution is -0.131. The zero-order valence-corrected chi connectivity index (χ0v) is 13.7. The molecule has 116 valence electrons. The van der Waals surface area contributed by atoms with Crippen LogP contribution in [0.4, 0.5) is 0 Å². The first-order valence-corrected chi connectivity index (χ1v) is 6.91. The summed E-state index contributed by atoms with van der Waals surface area (Å²) in [6.45, 7) is 12.8. The van der Waals surface area contributed by atoms with E-state index in [0.717, 1.165) is 0 Å². The fraction of sp³-hybridized carbons (Fsp3) is 0.800. The van der Waals surface area contributed by atoms with E-state index in [1.807, 2.05) is 20.8 Å². The molecule has 0 heterocycles. The zero-order valence-electron chi connectivity index (χ0n) is 13.7. The van der Waals surface area contributed by atoms with E-state index in [-0.39, 0.29) is 36.0 Å². The van der Waals surface area contributed by atoms with Crippen LogP contribution in [0.5, 0.6) is 0 Å². The molecular weight excluding hydrogens is 256 g/mol. The molecule has 0 aliphatic rings. The summed E-state index contributed by atoms with van der Waals surface area (Å²) in [5.74, 6) is -0.518. The zero-order chi connectivity index (χ0) is 16.1. The highest BCUT2D eigenvalue weighted by molar-refractivity contribution is 5.94. The van der Waals surface area contributed by atoms with Crippen LogP contribution in [-0.2, 0) is 14.4 Å². The first kappa shape index (κ1) is 18.8. The van der Waals surface area contributed by atoms with Crippen molar-refractivity contribution in [3.63, 3.8) is 0 Å². The third-order valence-corrected chi connectivity index (χ3v) is 2.83. The van der Waals surface area contributed by atoms with Gasteiger partial charge in [0, 0.05) is 17.4 Å². The van der Waals surface area contributed by atoms with Crippen LogP contribution < -0.4 is 10.6 Å². The third kappa shape index (κ3) is 8.04. The monoisotopic (exact) mass is 284 g/mol. The Morgan fingerprint density at radius 1 is 1.00 bits per heavy atom. The molecule has 0 saturated heterocycles. The minimum Gasteiger partial charge on any atom is -0.345 e. The molecule has 1 atom stereocenters. The second-order valence-corrected chi connectivity index (χ2v) is 7.21. The Morgan fingerprint density at radius 2 is 1.50 bits per heavy atom. The second-order valence-electron chi connectivity index (χ2n) is 7.21. The van der Waals surface area contributed by atoms with Gasteiger partial charge in [0.25, 0.3) is 0 Å². The number of ketones is 2. The maximum absolute atomic E-state index is 12.0. The molecule has 0 aliphatic heterocycles. The average molecular weight is 284 g/mol. The van der Waals surface area contributed by atoms with Gasteiger partial charge in [-0.25, -0.2) is 0 Å². The number of carbonyl (C=O) groups excluding carboxylic acids is 3. The highest BCUT2D eigenvalue weighted by Crippen LogP contribution is 2.18. The van der Waals surface area contributed by atoms with Gasteiger partial charge in [-0.15, -0.1) is 0 Å². The molecule has 0 spiro atoms. The highest BCUT2D eigenvalue weighted by atomic mass is 16.2. The summed E-state index contributed by atoms with van der Waals surface area (Å²) in [6, 6.07) is -0.740. The molecule has 0 aromatic rings. The van der Waals surface area contributed by atoms with Crippen LogP contribution in [0.15, 0.2) is 0 Å². The van der Waals surface area contributed by atoms with Crippen LogP contribution in [0.2, 0.25) is 0 Å². The van der Waals surface area contributed by atoms with Crippen molar-refractivity contribution in [3.8, 4) is 0 Å². The van der Waals surface area contributed by atoms with Crippen molar-refractivity contribution in [3.05, 3.63) is 0 Å². The summed E-state index contributed by atoms with van der Waals surface area (Å²) >= 11 is 0. The van der Waals surface area contributed by atoms with E-state index in [9.17, 15) is 14.4 Å². The van der Waals surface area contributed by atoms with Gasteiger partial charge in [-0.1, -0.05) is 20.8 Å². The van der Waals surface area contributed by atoms with Crippen LogP contribution in [0, 0.1) is 5.41 Å². The number of rotatable bonds is 6. The largest absolute Gasteiger partial charge is 0.345 e. The van der Waals surface area contributed by atoms with Crippen LogP contribution in [0.1, 0.15) is 54.9 Å². The van der Waals surface area contributed by atoms with Crippen LogP contribution >= 0.6 is 0 Å². The quantitative estimate of drug-likeness (QED) is 0.774. The summed E-state index contributed by atoms with van der Waals surface area (Å²) in [4.78, 5) is 35.3. The Kier molecular flexibility index (Phi) is 6.54. The standard InChI is InChI=1S/C15H28N2O3/c1-10(18)11(8-12(19)14(2,3)4)17-13(20)9-16-15(5,6)7/h11,16H,8-9H2,1-7H3,(H,17,20). The van der Waals surface area contributed by atoms with E-state index in [0.29, 0.717) is 0 Å². The molecule has 0 aliphatic carbocycles. The summed E-state index contributed by atoms with van der Waals surface area (Å²) in [5.41, 5.74) is -0.688. The van der Waals surface area contributed by atoms with Crippen molar-refractivity contribution < 1.29 is 14.4 Å². The van der Waals surface area contributed by atoms with Crippen molar-refractivity contribution in [2.45, 2.75) is 66.5 Å². The predicted octanol–water partition coefficient (Wildman–Crippen LogP) is 1.45. The lowest BCUT2D eigenvalue weighted by atomic mass is 9.86. The van der Waals surface area contributed by atoms with Gasteiger partial charge in [-0.3, -0.25) is 14.4 Å². The fourth-order valence-electron chi connectivity index (χ4n) is 1.38. The van der Waals surface area contributed by atoms with Gasteiger partial charge >= 0.3 is 0 Å². The second kappa shape index (κ2) is 6.97. The van der Waals surface area contributed by atoms with E-state index < -0.39 is 11.5 Å². The number of nitrogens with one attached hydrogen (secondary N) is 2. The van der Waals surface area contributed by atoms with Crippen molar-refractivity contribution in [1.82, 2.24) is 10.6 Å². The van der Waals surface area contributed by atoms with Gasteiger partial charge in [0.05, 0.1) is 12.6 Å². The first-order chi connectivity index (χ1) is 8.83. The van der Waals surface area contributed by atoms with Gasteiger partial charge < -0.3 is 10.6 Å². The van der Waals surface area contributed by atoms with Gasteiger partial charge in [-0.05, 0) is 27.7 Å². The van der Waals surface area contributed by atoms with E-state index in [4.69, 9.17) is 0 Å². The van der Waals surface area contributed by atoms with E-state index in [2.05, 4.69) is 10.6 Å². The summed E-state index contributed by atoms with van der Waals surface area (Å²) in [6.07, 6.45) is 0.0418. The number of amides is 1. The Morgan fingerprint density at radius 3 is 1.85 bits per heavy atom. The van der Waals surface area contributed by atoms with Gasteiger partial charge in [0.1, 0.15) is 5.78 Å². The lowest BCUT2D eigenvalue weighted by Gasteiger charge is -2.23. The minimum atomic E-state index is -0.740. The Labute approximate surface area is 121 Å². The SMILES string of the molecule is CC(=O)C(CC(=O)C(C)(C)C)NC(=O)CNC(C)(C)C. The molecule has 20 heavy (non-hydrogen) atoms.